The number of nitrogens with one attached hydrogen (secondary N) is 1. The van der Waals surface area contributed by atoms with Crippen LogP contribution in [0.5, 0.6) is 5.75 Å². The number of aromatic nitrogens is 3. The highest BCUT2D eigenvalue weighted by Gasteiger charge is 2.39. The van der Waals surface area contributed by atoms with Gasteiger partial charge in [-0.1, -0.05) is 18.2 Å². The first-order chi connectivity index (χ1) is 16.2. The smallest absolute Gasteiger partial charge is 0.433 e. The molecule has 2 aromatic heterocycles. The number of hydrogen-bond donors (Lipinski definition) is 3. The van der Waals surface area contributed by atoms with Crippen LogP contribution in [0.2, 0.25) is 0 Å². The van der Waals surface area contributed by atoms with Crippen molar-refractivity contribution < 1.29 is 36.6 Å². The number of halogens is 3. The number of sulfone groups is 1. The Labute approximate surface area is 199 Å². The fourth-order valence-electron chi connectivity index (χ4n) is 3.24. The topological polar surface area (TPSA) is 134 Å². The van der Waals surface area contributed by atoms with Gasteiger partial charge in [-0.25, -0.2) is 13.1 Å². The number of para-hydroxylation sites is 1. The number of aliphatic hydroxyl groups excluding tert-OH is 1. The number of aromatic hydroxyl groups is 1. The molecule has 0 fully saturated rings. The van der Waals surface area contributed by atoms with E-state index in [9.17, 15) is 36.6 Å². The normalized spacial score (nSPS) is 14.8. The van der Waals surface area contributed by atoms with Crippen molar-refractivity contribution >= 4 is 15.7 Å². The Hall–Kier alpha value is -3.45. The molecule has 0 aliphatic carbocycles. The van der Waals surface area contributed by atoms with Gasteiger partial charge in [-0.3, -0.25) is 9.78 Å². The summed E-state index contributed by atoms with van der Waals surface area (Å²) in [6.45, 7) is 0.980. The molecule has 0 radical (unpaired) electrons. The minimum absolute atomic E-state index is 0.0363. The maximum atomic E-state index is 12.7. The highest BCUT2D eigenvalue weighted by atomic mass is 32.2. The molecule has 2 unspecified atom stereocenters. The molecule has 188 valence electrons. The Morgan fingerprint density at radius 1 is 1.14 bits per heavy atom. The van der Waals surface area contributed by atoms with Gasteiger partial charge in [0.2, 0.25) is 0 Å². The van der Waals surface area contributed by atoms with E-state index in [1.165, 1.54) is 49.6 Å². The predicted octanol–water partition coefficient (Wildman–Crippen LogP) is 2.78. The molecule has 2 atom stereocenters. The predicted molar refractivity (Wildman–Crippen MR) is 120 cm³/mol. The molecule has 2 heterocycles. The fraction of sp³-hybridized carbons (Fsp3) is 0.318. The van der Waals surface area contributed by atoms with E-state index in [-0.39, 0.29) is 24.3 Å². The van der Waals surface area contributed by atoms with Crippen LogP contribution in [-0.4, -0.2) is 56.9 Å². The summed E-state index contributed by atoms with van der Waals surface area (Å²) in [7, 11) is -3.81. The Morgan fingerprint density at radius 3 is 2.40 bits per heavy atom. The molecule has 3 N–H and O–H groups in total. The lowest BCUT2D eigenvalue weighted by Crippen LogP contribution is -2.47. The van der Waals surface area contributed by atoms with Crippen LogP contribution in [0.1, 0.15) is 35.6 Å². The van der Waals surface area contributed by atoms with E-state index < -0.39 is 38.6 Å². The van der Waals surface area contributed by atoms with E-state index in [1.807, 2.05) is 0 Å². The molecular weight excluding hydrogens is 489 g/mol. The first-order valence-corrected chi connectivity index (χ1v) is 12.1. The molecule has 0 saturated heterocycles. The van der Waals surface area contributed by atoms with E-state index >= 15 is 0 Å². The number of rotatable bonds is 8. The van der Waals surface area contributed by atoms with Gasteiger partial charge < -0.3 is 15.5 Å². The van der Waals surface area contributed by atoms with Gasteiger partial charge in [0.25, 0.3) is 5.91 Å². The van der Waals surface area contributed by atoms with Crippen LogP contribution in [0.3, 0.4) is 0 Å². The van der Waals surface area contributed by atoms with Gasteiger partial charge >= 0.3 is 6.18 Å². The number of phenols is 1. The van der Waals surface area contributed by atoms with Crippen LogP contribution in [0.15, 0.2) is 55.0 Å². The summed E-state index contributed by atoms with van der Waals surface area (Å²) in [4.78, 5) is 15.8. The molecule has 9 nitrogen and oxygen atoms in total. The van der Waals surface area contributed by atoms with Crippen LogP contribution < -0.4 is 5.32 Å². The van der Waals surface area contributed by atoms with Gasteiger partial charge in [-0.05, 0) is 25.1 Å². The summed E-state index contributed by atoms with van der Waals surface area (Å²) >= 11 is 0. The third-order valence-electron chi connectivity index (χ3n) is 5.58. The molecule has 3 aromatic rings. The number of phenolic OH excluding ortho intramolecular Hbond substituents is 1. The average molecular weight is 513 g/mol. The third-order valence-corrected chi connectivity index (χ3v) is 7.68. The number of aliphatic hydroxyl groups is 1. The Balaban J connectivity index is 1.75. The Kier molecular flexibility index (Phi) is 7.22. The van der Waals surface area contributed by atoms with Gasteiger partial charge in [0, 0.05) is 42.7 Å². The second-order valence-electron chi connectivity index (χ2n) is 8.25. The maximum Gasteiger partial charge on any atom is 0.433 e. The quantitative estimate of drug-likeness (QED) is 0.423. The van der Waals surface area contributed by atoms with E-state index in [4.69, 9.17) is 0 Å². The molecule has 0 spiro atoms. The number of hydrogen-bond acceptors (Lipinski definition) is 7. The van der Waals surface area contributed by atoms with Crippen molar-refractivity contribution in [1.29, 1.82) is 0 Å². The van der Waals surface area contributed by atoms with Crippen molar-refractivity contribution in [3.63, 3.8) is 0 Å². The molecule has 0 aliphatic heterocycles. The molecule has 13 heteroatoms. The lowest BCUT2D eigenvalue weighted by Gasteiger charge is -2.30. The number of benzene rings is 1. The molecule has 0 saturated carbocycles. The summed E-state index contributed by atoms with van der Waals surface area (Å²) in [6, 6.07) is 7.78. The summed E-state index contributed by atoms with van der Waals surface area (Å²) < 4.78 is 62.7. The average Bonchev–Trinajstić information content (AvgIpc) is 3.27. The second kappa shape index (κ2) is 9.66. The Morgan fingerprint density at radius 2 is 1.83 bits per heavy atom. The van der Waals surface area contributed by atoms with Crippen molar-refractivity contribution in [2.75, 3.05) is 12.8 Å². The standard InChI is InChI=1S/C22H23F3N4O5S/c1-21(35(2,33)34,13-27-20(32)16-5-3-4-6-17(16)30)9-19(31)29-12-15(11-28-29)14-7-8-18(26-10-14)22(23,24)25/h3-8,10-12,19,30-31H,9,13H2,1-2H3,(H,27,32). The van der Waals surface area contributed by atoms with Gasteiger partial charge in [0.15, 0.2) is 9.84 Å². The number of nitrogens with zero attached hydrogens (tertiary/aromatic N) is 3. The minimum Gasteiger partial charge on any atom is -0.507 e. The van der Waals surface area contributed by atoms with E-state index in [2.05, 4.69) is 15.4 Å². The van der Waals surface area contributed by atoms with E-state index in [0.29, 0.717) is 11.1 Å². The minimum atomic E-state index is -4.58. The zero-order chi connectivity index (χ0) is 26.0. The number of carbonyl (C=O) groups is 1. The zero-order valence-corrected chi connectivity index (χ0v) is 19.5. The molecule has 35 heavy (non-hydrogen) atoms. The van der Waals surface area contributed by atoms with Crippen molar-refractivity contribution in [2.24, 2.45) is 0 Å². The van der Waals surface area contributed by atoms with Crippen molar-refractivity contribution in [1.82, 2.24) is 20.1 Å². The van der Waals surface area contributed by atoms with Crippen molar-refractivity contribution in [2.45, 2.75) is 30.5 Å². The summed E-state index contributed by atoms with van der Waals surface area (Å²) in [6.07, 6.45) is -1.75. The van der Waals surface area contributed by atoms with Crippen LogP contribution >= 0.6 is 0 Å². The molecule has 0 bridgehead atoms. The lowest BCUT2D eigenvalue weighted by molar-refractivity contribution is -0.141. The molecule has 1 aromatic carbocycles. The third kappa shape index (κ3) is 5.98. The van der Waals surface area contributed by atoms with E-state index in [0.717, 1.165) is 23.2 Å². The van der Waals surface area contributed by atoms with Gasteiger partial charge in [-0.2, -0.15) is 18.3 Å². The van der Waals surface area contributed by atoms with Crippen molar-refractivity contribution in [3.05, 3.63) is 66.2 Å². The van der Waals surface area contributed by atoms with Gasteiger partial charge in [0.05, 0.1) is 16.5 Å². The van der Waals surface area contributed by atoms with Crippen LogP contribution in [0, 0.1) is 0 Å². The SMILES string of the molecule is CC(CNC(=O)c1ccccc1O)(CC(O)n1cc(-c2ccc(C(F)(F)F)nc2)cn1)S(C)(=O)=O. The van der Waals surface area contributed by atoms with Crippen LogP contribution in [0.4, 0.5) is 13.2 Å². The number of amides is 1. The molecule has 1 amide bonds. The summed E-state index contributed by atoms with van der Waals surface area (Å²) in [5.74, 6) is -0.962. The summed E-state index contributed by atoms with van der Waals surface area (Å²) in [5, 5.41) is 27.0. The number of pyridine rings is 1. The van der Waals surface area contributed by atoms with Crippen molar-refractivity contribution in [3.8, 4) is 16.9 Å². The Bertz CT molecular complexity index is 1310. The highest BCUT2D eigenvalue weighted by molar-refractivity contribution is 7.92. The monoisotopic (exact) mass is 512 g/mol. The summed E-state index contributed by atoms with van der Waals surface area (Å²) in [5.41, 5.74) is -0.411. The maximum absolute atomic E-state index is 12.7. The largest absolute Gasteiger partial charge is 0.507 e. The first kappa shape index (κ1) is 26.2. The van der Waals surface area contributed by atoms with Gasteiger partial charge in [-0.15, -0.1) is 0 Å². The van der Waals surface area contributed by atoms with Crippen LogP contribution in [-0.2, 0) is 16.0 Å². The highest BCUT2D eigenvalue weighted by Crippen LogP contribution is 2.30. The fourth-order valence-corrected chi connectivity index (χ4v) is 4.03. The lowest BCUT2D eigenvalue weighted by atomic mass is 10.1. The van der Waals surface area contributed by atoms with Crippen LogP contribution in [0.25, 0.3) is 11.1 Å². The molecule has 3 rings (SSSR count). The van der Waals surface area contributed by atoms with Gasteiger partial charge in [0.1, 0.15) is 17.7 Å². The number of alkyl halides is 3. The molecular formula is C22H23F3N4O5S. The zero-order valence-electron chi connectivity index (χ0n) is 18.7. The first-order valence-electron chi connectivity index (χ1n) is 10.2. The molecule has 0 aliphatic rings. The second-order valence-corrected chi connectivity index (χ2v) is 10.8. The number of carbonyl (C=O) groups excluding carboxylic acids is 1. The van der Waals surface area contributed by atoms with E-state index in [1.54, 1.807) is 0 Å².